The maximum absolute atomic E-state index is 7.10. The Hall–Kier alpha value is -10.2. The predicted octanol–water partition coefficient (Wildman–Crippen LogP) is 22.8. The fourth-order valence-corrected chi connectivity index (χ4v) is 15.0. The van der Waals surface area contributed by atoms with E-state index < -0.39 is 5.41 Å². The van der Waals surface area contributed by atoms with Crippen molar-refractivity contribution < 1.29 is 8.83 Å². The Balaban J connectivity index is 0.902. The van der Waals surface area contributed by atoms with E-state index in [-0.39, 0.29) is 10.8 Å². The van der Waals surface area contributed by atoms with Gasteiger partial charge in [-0.2, -0.15) is 0 Å². The molecule has 1 spiro atoms. The average Bonchev–Trinajstić information content (AvgIpc) is 1.53. The van der Waals surface area contributed by atoms with Crippen LogP contribution in [0.4, 0.5) is 34.1 Å². The second kappa shape index (κ2) is 17.9. The lowest BCUT2D eigenvalue weighted by molar-refractivity contribution is 0.572. The minimum Gasteiger partial charge on any atom is -0.454 e. The topological polar surface area (TPSA) is 32.8 Å². The number of fused-ring (bicyclic) bond motifs is 22. The van der Waals surface area contributed by atoms with Crippen molar-refractivity contribution in [3.8, 4) is 22.3 Å². The summed E-state index contributed by atoms with van der Waals surface area (Å²) in [5.74, 6) is 0. The minimum absolute atomic E-state index is 0.0989. The van der Waals surface area contributed by atoms with Gasteiger partial charge in [0.25, 0.3) is 0 Å². The zero-order valence-electron chi connectivity index (χ0n) is 48.5. The number of hydrogen-bond acceptors (Lipinski definition) is 4. The summed E-state index contributed by atoms with van der Waals surface area (Å²) in [6.07, 6.45) is 0. The Morgan fingerprint density at radius 3 is 1.25 bits per heavy atom. The van der Waals surface area contributed by atoms with E-state index in [0.717, 1.165) is 78.0 Å². The molecule has 0 radical (unpaired) electrons. The molecule has 0 fully saturated rings. The van der Waals surface area contributed by atoms with E-state index in [9.17, 15) is 0 Å². The molecule has 0 atom stereocenters. The van der Waals surface area contributed by atoms with Gasteiger partial charge in [0.05, 0.1) is 16.8 Å². The van der Waals surface area contributed by atoms with E-state index in [1.807, 2.05) is 0 Å². The van der Waals surface area contributed by atoms with Crippen LogP contribution >= 0.6 is 0 Å². The highest BCUT2D eigenvalue weighted by molar-refractivity contribution is 6.16. The summed E-state index contributed by atoms with van der Waals surface area (Å²) in [6.45, 7) is 13.6. The van der Waals surface area contributed by atoms with E-state index in [0.29, 0.717) is 0 Å². The van der Waals surface area contributed by atoms with Crippen molar-refractivity contribution in [2.24, 2.45) is 0 Å². The van der Waals surface area contributed by atoms with Crippen molar-refractivity contribution in [2.75, 3.05) is 9.80 Å². The Morgan fingerprint density at radius 2 is 0.729 bits per heavy atom. The number of furan rings is 2. The molecule has 0 aliphatic heterocycles. The highest BCUT2D eigenvalue weighted by Gasteiger charge is 2.54. The van der Waals surface area contributed by atoms with Crippen molar-refractivity contribution in [3.05, 3.63) is 288 Å². The molecule has 4 nitrogen and oxygen atoms in total. The molecule has 0 saturated carbocycles. The van der Waals surface area contributed by atoms with Crippen LogP contribution in [0.3, 0.4) is 0 Å². The lowest BCUT2D eigenvalue weighted by Gasteiger charge is -2.33. The molecule has 0 N–H and O–H groups in total. The van der Waals surface area contributed by atoms with Crippen LogP contribution in [0.15, 0.2) is 264 Å². The van der Waals surface area contributed by atoms with Crippen LogP contribution in [0, 0.1) is 0 Å². The number of anilines is 6. The largest absolute Gasteiger partial charge is 0.454 e. The summed E-state index contributed by atoms with van der Waals surface area (Å²) in [5.41, 5.74) is 21.8. The Kier molecular flexibility index (Phi) is 10.4. The Morgan fingerprint density at radius 1 is 0.294 bits per heavy atom. The molecule has 2 aliphatic carbocycles. The van der Waals surface area contributed by atoms with Crippen LogP contribution in [-0.4, -0.2) is 0 Å². The van der Waals surface area contributed by atoms with Crippen LogP contribution in [0.1, 0.15) is 74.9 Å². The molecule has 406 valence electrons. The molecule has 17 rings (SSSR count). The van der Waals surface area contributed by atoms with Crippen LogP contribution in [0.25, 0.3) is 98.4 Å². The summed E-state index contributed by atoms with van der Waals surface area (Å²) in [5, 5.41) is 11.8. The summed E-state index contributed by atoms with van der Waals surface area (Å²) in [4.78, 5) is 4.76. The molecule has 2 heterocycles. The highest BCUT2D eigenvalue weighted by atomic mass is 16.3. The van der Waals surface area contributed by atoms with E-state index in [1.54, 1.807) is 0 Å². The van der Waals surface area contributed by atoms with Crippen molar-refractivity contribution in [1.82, 2.24) is 0 Å². The van der Waals surface area contributed by atoms with E-state index in [1.165, 1.54) is 88.0 Å². The van der Waals surface area contributed by atoms with Crippen molar-refractivity contribution in [2.45, 2.75) is 57.8 Å². The standard InChI is InChI=1S/C81H60N2O2/c1-79(2,3)68-33-17-28-61-63-30-19-35-70(77(63)84-75(61)68)82(52-22-9-7-10-23-52)54-40-44-57-50(47-54)37-42-59-60-43-38-51-48-55(83(53-24-11-8-12-25-53)71-36-20-31-64-62-29-18-34-69(80(4,5)6)76(62)85-78(64)71)41-45-58(51)74(60)81(73(57)59)66-32-16-15-27-65(66)72-56-26-14-13-21-49(56)39-46-67(72)81/h7-48H,1-6H3. The maximum Gasteiger partial charge on any atom is 0.159 e. The SMILES string of the molecule is CC(C)(C)c1cccc2c1oc1c(N(c3ccccc3)c3ccc4c5c(ccc4c3)-c3ccc4cc(N(c6ccccc6)c6cccc7c6oc6c(C(C)(C)C)cccc67)ccc4c3C53c4ccccc4-c4c3ccc3ccccc43)cccc12. The summed E-state index contributed by atoms with van der Waals surface area (Å²) in [6, 6.07) is 94.7. The highest BCUT2D eigenvalue weighted by Crippen LogP contribution is 2.66. The smallest absolute Gasteiger partial charge is 0.159 e. The first-order valence-corrected chi connectivity index (χ1v) is 29.8. The molecule has 0 unspecified atom stereocenters. The van der Waals surface area contributed by atoms with Crippen molar-refractivity contribution >= 4 is 110 Å². The van der Waals surface area contributed by atoms with Gasteiger partial charge in [-0.25, -0.2) is 0 Å². The molecule has 2 aliphatic rings. The van der Waals surface area contributed by atoms with Gasteiger partial charge in [-0.1, -0.05) is 236 Å². The Labute approximate surface area is 494 Å². The summed E-state index contributed by atoms with van der Waals surface area (Å²) in [7, 11) is 0. The van der Waals surface area contributed by atoms with Gasteiger partial charge in [0.1, 0.15) is 11.2 Å². The molecule has 85 heavy (non-hydrogen) atoms. The van der Waals surface area contributed by atoms with Gasteiger partial charge in [-0.15, -0.1) is 0 Å². The van der Waals surface area contributed by atoms with Crippen LogP contribution in [0.2, 0.25) is 0 Å². The first-order valence-electron chi connectivity index (χ1n) is 29.8. The summed E-state index contributed by atoms with van der Waals surface area (Å²) < 4.78 is 14.2. The predicted molar refractivity (Wildman–Crippen MR) is 357 cm³/mol. The Bertz CT molecular complexity index is 5020. The van der Waals surface area contributed by atoms with Gasteiger partial charge in [-0.3, -0.25) is 0 Å². The van der Waals surface area contributed by atoms with Gasteiger partial charge in [0.2, 0.25) is 0 Å². The van der Waals surface area contributed by atoms with Crippen molar-refractivity contribution in [1.29, 1.82) is 0 Å². The van der Waals surface area contributed by atoms with Gasteiger partial charge in [0.15, 0.2) is 11.2 Å². The zero-order valence-corrected chi connectivity index (χ0v) is 48.5. The molecular formula is C81H60N2O2. The van der Waals surface area contributed by atoms with E-state index in [2.05, 4.69) is 306 Å². The molecule has 0 bridgehead atoms. The van der Waals surface area contributed by atoms with Crippen LogP contribution in [-0.2, 0) is 16.2 Å². The molecular weight excluding hydrogens is 1030 g/mol. The maximum atomic E-state index is 7.10. The van der Waals surface area contributed by atoms with Gasteiger partial charge in [0, 0.05) is 55.4 Å². The summed E-state index contributed by atoms with van der Waals surface area (Å²) >= 11 is 0. The van der Waals surface area contributed by atoms with E-state index >= 15 is 0 Å². The van der Waals surface area contributed by atoms with Gasteiger partial charge < -0.3 is 18.6 Å². The number of para-hydroxylation sites is 6. The van der Waals surface area contributed by atoms with Crippen LogP contribution in [0.5, 0.6) is 0 Å². The molecule has 2 aromatic heterocycles. The second-order valence-corrected chi connectivity index (χ2v) is 25.5. The number of nitrogens with zero attached hydrogens (tertiary/aromatic N) is 2. The third-order valence-corrected chi connectivity index (χ3v) is 18.6. The number of rotatable bonds is 6. The molecule has 13 aromatic carbocycles. The fraction of sp³-hybridized carbons (Fsp3) is 0.111. The zero-order chi connectivity index (χ0) is 57.1. The molecule has 4 heteroatoms. The second-order valence-electron chi connectivity index (χ2n) is 25.5. The van der Waals surface area contributed by atoms with Gasteiger partial charge >= 0.3 is 0 Å². The number of benzene rings is 13. The monoisotopic (exact) mass is 1090 g/mol. The van der Waals surface area contributed by atoms with E-state index in [4.69, 9.17) is 8.83 Å². The number of hydrogen-bond donors (Lipinski definition) is 0. The third kappa shape index (κ3) is 7.03. The third-order valence-electron chi connectivity index (χ3n) is 18.6. The quantitative estimate of drug-likeness (QED) is 0.166. The fourth-order valence-electron chi connectivity index (χ4n) is 15.0. The molecule has 0 saturated heterocycles. The molecule has 15 aromatic rings. The lowest BCUT2D eigenvalue weighted by Crippen LogP contribution is -2.26. The normalized spacial score (nSPS) is 13.4. The van der Waals surface area contributed by atoms with Crippen LogP contribution < -0.4 is 9.80 Å². The van der Waals surface area contributed by atoms with Gasteiger partial charge in [-0.05, 0) is 148 Å². The lowest BCUT2D eigenvalue weighted by atomic mass is 9.68. The average molecular weight is 1090 g/mol. The minimum atomic E-state index is -0.670. The first-order chi connectivity index (χ1) is 41.4. The first kappa shape index (κ1) is 49.4. The van der Waals surface area contributed by atoms with Crippen molar-refractivity contribution in [3.63, 3.8) is 0 Å². The molecule has 0 amide bonds.